The fourth-order valence-electron chi connectivity index (χ4n) is 2.31. The van der Waals surface area contributed by atoms with Crippen molar-refractivity contribution in [2.75, 3.05) is 7.05 Å². The molecule has 1 unspecified atom stereocenters. The lowest BCUT2D eigenvalue weighted by Crippen LogP contribution is -2.28. The van der Waals surface area contributed by atoms with Crippen molar-refractivity contribution in [3.8, 4) is 0 Å². The first-order chi connectivity index (χ1) is 11.3. The highest BCUT2D eigenvalue weighted by Gasteiger charge is 2.19. The van der Waals surface area contributed by atoms with Crippen molar-refractivity contribution in [1.29, 1.82) is 0 Å². The van der Waals surface area contributed by atoms with Crippen LogP contribution in [0.5, 0.6) is 0 Å². The Morgan fingerprint density at radius 2 is 1.83 bits per heavy atom. The molecule has 0 radical (unpaired) electrons. The third-order valence-electron chi connectivity index (χ3n) is 3.75. The maximum atomic E-state index is 13.8. The standard InChI is InChI=1S/C17H19FN2O3S/c1-11-8-9-13(24(22,23)19-3)10-15(11)17(21)20-12(2)14-6-4-5-7-16(14)18/h4-10,12,19H,1-3H3,(H,20,21). The zero-order valence-corrected chi connectivity index (χ0v) is 14.4. The number of hydrogen-bond donors (Lipinski definition) is 2. The van der Waals surface area contributed by atoms with Gasteiger partial charge in [0.15, 0.2) is 0 Å². The smallest absolute Gasteiger partial charge is 0.252 e. The molecule has 0 spiro atoms. The van der Waals surface area contributed by atoms with Gasteiger partial charge in [-0.2, -0.15) is 0 Å². The Kier molecular flexibility index (Phi) is 5.36. The Morgan fingerprint density at radius 3 is 2.46 bits per heavy atom. The van der Waals surface area contributed by atoms with Gasteiger partial charge in [-0.1, -0.05) is 24.3 Å². The molecular weight excluding hydrogens is 331 g/mol. The zero-order valence-electron chi connectivity index (χ0n) is 13.6. The largest absolute Gasteiger partial charge is 0.345 e. The van der Waals surface area contributed by atoms with E-state index in [1.807, 2.05) is 0 Å². The van der Waals surface area contributed by atoms with E-state index in [2.05, 4.69) is 10.0 Å². The molecule has 128 valence electrons. The third kappa shape index (κ3) is 3.80. The summed E-state index contributed by atoms with van der Waals surface area (Å²) in [6.07, 6.45) is 0. The van der Waals surface area contributed by atoms with E-state index < -0.39 is 27.8 Å². The van der Waals surface area contributed by atoms with Gasteiger partial charge >= 0.3 is 0 Å². The summed E-state index contributed by atoms with van der Waals surface area (Å²) in [6, 6.07) is 9.92. The van der Waals surface area contributed by atoms with Gasteiger partial charge in [-0.3, -0.25) is 4.79 Å². The summed E-state index contributed by atoms with van der Waals surface area (Å²) in [4.78, 5) is 12.5. The SMILES string of the molecule is CNS(=O)(=O)c1ccc(C)c(C(=O)NC(C)c2ccccc2F)c1. The van der Waals surface area contributed by atoms with Crippen LogP contribution in [0, 0.1) is 12.7 Å². The van der Waals surface area contributed by atoms with Gasteiger partial charge in [0.25, 0.3) is 5.91 Å². The summed E-state index contributed by atoms with van der Waals surface area (Å²) in [7, 11) is -2.35. The molecule has 2 aromatic rings. The van der Waals surface area contributed by atoms with Crippen molar-refractivity contribution in [2.24, 2.45) is 0 Å². The number of hydrogen-bond acceptors (Lipinski definition) is 3. The van der Waals surface area contributed by atoms with Crippen molar-refractivity contribution < 1.29 is 17.6 Å². The van der Waals surface area contributed by atoms with Crippen LogP contribution in [0.15, 0.2) is 47.4 Å². The van der Waals surface area contributed by atoms with Crippen LogP contribution in [0.1, 0.15) is 34.5 Å². The van der Waals surface area contributed by atoms with E-state index in [1.165, 1.54) is 25.2 Å². The van der Waals surface area contributed by atoms with Gasteiger partial charge in [0, 0.05) is 11.1 Å². The minimum absolute atomic E-state index is 0.000653. The fraction of sp³-hybridized carbons (Fsp3) is 0.235. The Morgan fingerprint density at radius 1 is 1.17 bits per heavy atom. The molecule has 0 aliphatic rings. The summed E-state index contributed by atoms with van der Waals surface area (Å²) >= 11 is 0. The minimum atomic E-state index is -3.65. The van der Waals surface area contributed by atoms with Crippen molar-refractivity contribution in [1.82, 2.24) is 10.0 Å². The monoisotopic (exact) mass is 350 g/mol. The van der Waals surface area contributed by atoms with Gasteiger partial charge in [0.1, 0.15) is 5.82 Å². The summed E-state index contributed by atoms with van der Waals surface area (Å²) < 4.78 is 39.8. The van der Waals surface area contributed by atoms with Crippen LogP contribution in [0.2, 0.25) is 0 Å². The van der Waals surface area contributed by atoms with Gasteiger partial charge in [-0.25, -0.2) is 17.5 Å². The van der Waals surface area contributed by atoms with Crippen LogP contribution in [-0.4, -0.2) is 21.4 Å². The lowest BCUT2D eigenvalue weighted by Gasteiger charge is -2.16. The highest BCUT2D eigenvalue weighted by Crippen LogP contribution is 2.19. The molecule has 0 fully saturated rings. The molecule has 0 saturated carbocycles. The summed E-state index contributed by atoms with van der Waals surface area (Å²) in [5.41, 5.74) is 1.22. The van der Waals surface area contributed by atoms with Gasteiger partial charge in [-0.05, 0) is 44.7 Å². The lowest BCUT2D eigenvalue weighted by atomic mass is 10.1. The Bertz CT molecular complexity index is 866. The first kappa shape index (κ1) is 18.1. The molecule has 5 nitrogen and oxygen atoms in total. The van der Waals surface area contributed by atoms with E-state index >= 15 is 0 Å². The van der Waals surface area contributed by atoms with E-state index in [4.69, 9.17) is 0 Å². The van der Waals surface area contributed by atoms with Crippen LogP contribution < -0.4 is 10.0 Å². The Balaban J connectivity index is 2.30. The van der Waals surface area contributed by atoms with Crippen molar-refractivity contribution >= 4 is 15.9 Å². The first-order valence-corrected chi connectivity index (χ1v) is 8.84. The van der Waals surface area contributed by atoms with Gasteiger partial charge in [0.05, 0.1) is 10.9 Å². The topological polar surface area (TPSA) is 75.3 Å². The van der Waals surface area contributed by atoms with Crippen LogP contribution in [0.4, 0.5) is 4.39 Å². The van der Waals surface area contributed by atoms with Crippen LogP contribution in [0.25, 0.3) is 0 Å². The van der Waals surface area contributed by atoms with Crippen molar-refractivity contribution in [3.63, 3.8) is 0 Å². The van der Waals surface area contributed by atoms with Gasteiger partial charge in [0.2, 0.25) is 10.0 Å². The summed E-state index contributed by atoms with van der Waals surface area (Å²) in [5, 5.41) is 2.70. The van der Waals surface area contributed by atoms with Crippen LogP contribution >= 0.6 is 0 Å². The molecule has 0 bridgehead atoms. The number of carbonyl (C=O) groups is 1. The number of nitrogens with one attached hydrogen (secondary N) is 2. The van der Waals surface area contributed by atoms with Gasteiger partial charge < -0.3 is 5.32 Å². The van der Waals surface area contributed by atoms with E-state index in [9.17, 15) is 17.6 Å². The maximum Gasteiger partial charge on any atom is 0.252 e. The van der Waals surface area contributed by atoms with Crippen LogP contribution in [0.3, 0.4) is 0 Å². The quantitative estimate of drug-likeness (QED) is 0.870. The van der Waals surface area contributed by atoms with E-state index in [-0.39, 0.29) is 10.5 Å². The molecule has 0 aromatic heterocycles. The number of rotatable bonds is 5. The second-order valence-electron chi connectivity index (χ2n) is 5.40. The first-order valence-electron chi connectivity index (χ1n) is 7.35. The number of aryl methyl sites for hydroxylation is 1. The normalized spacial score (nSPS) is 12.7. The highest BCUT2D eigenvalue weighted by atomic mass is 32.2. The average Bonchev–Trinajstić information content (AvgIpc) is 2.55. The van der Waals surface area contributed by atoms with E-state index in [0.29, 0.717) is 11.1 Å². The molecule has 0 aliphatic heterocycles. The summed E-state index contributed by atoms with van der Waals surface area (Å²) in [6.45, 7) is 3.37. The van der Waals surface area contributed by atoms with Gasteiger partial charge in [-0.15, -0.1) is 0 Å². The molecule has 1 amide bonds. The second-order valence-corrected chi connectivity index (χ2v) is 7.29. The number of benzene rings is 2. The number of sulfonamides is 1. The molecule has 0 aliphatic carbocycles. The number of amides is 1. The van der Waals surface area contributed by atoms with E-state index in [0.717, 1.165) is 0 Å². The van der Waals surface area contributed by atoms with Crippen molar-refractivity contribution in [3.05, 3.63) is 65.0 Å². The number of carbonyl (C=O) groups excluding carboxylic acids is 1. The summed E-state index contributed by atoms with van der Waals surface area (Å²) in [5.74, 6) is -0.870. The number of halogens is 1. The molecule has 2 N–H and O–H groups in total. The minimum Gasteiger partial charge on any atom is -0.345 e. The van der Waals surface area contributed by atoms with Crippen molar-refractivity contribution in [2.45, 2.75) is 24.8 Å². The predicted molar refractivity (Wildman–Crippen MR) is 89.7 cm³/mol. The lowest BCUT2D eigenvalue weighted by molar-refractivity contribution is 0.0938. The average molecular weight is 350 g/mol. The molecule has 0 saturated heterocycles. The molecule has 0 heterocycles. The molecule has 1 atom stereocenters. The predicted octanol–water partition coefficient (Wildman–Crippen LogP) is 2.53. The zero-order chi connectivity index (χ0) is 17.9. The Hall–Kier alpha value is -2.25. The Labute approximate surface area is 141 Å². The molecule has 2 aromatic carbocycles. The fourth-order valence-corrected chi connectivity index (χ4v) is 3.07. The second kappa shape index (κ2) is 7.11. The third-order valence-corrected chi connectivity index (χ3v) is 5.16. The molecule has 24 heavy (non-hydrogen) atoms. The van der Waals surface area contributed by atoms with E-state index in [1.54, 1.807) is 38.1 Å². The molecule has 7 heteroatoms. The molecule has 2 rings (SSSR count). The molecular formula is C17H19FN2O3S. The maximum absolute atomic E-state index is 13.8. The highest BCUT2D eigenvalue weighted by molar-refractivity contribution is 7.89. The van der Waals surface area contributed by atoms with Crippen LogP contribution in [-0.2, 0) is 10.0 Å².